The van der Waals surface area contributed by atoms with Crippen molar-refractivity contribution in [2.75, 3.05) is 106 Å². The van der Waals surface area contributed by atoms with Crippen LogP contribution < -0.4 is 4.74 Å². The van der Waals surface area contributed by atoms with Crippen LogP contribution in [0, 0.1) is 0 Å². The monoisotopic (exact) mass is 544 g/mol. The van der Waals surface area contributed by atoms with E-state index < -0.39 is 0 Å². The van der Waals surface area contributed by atoms with Crippen molar-refractivity contribution >= 4 is 5.97 Å². The average molecular weight is 545 g/mol. The molecule has 0 aliphatic carbocycles. The standard InChI is InChI=1S/C28H48O10/c1-2-3-5-10-28(29)38-26-24-36-22-20-34-18-16-32-14-12-30-11-13-31-15-17-33-19-21-35-23-25-37-27-8-6-4-7-9-27/h4,6-9H,2-3,5,10-26H2,1H3. The van der Waals surface area contributed by atoms with E-state index in [2.05, 4.69) is 6.92 Å². The molecule has 10 nitrogen and oxygen atoms in total. The fourth-order valence-corrected chi connectivity index (χ4v) is 2.96. The molecule has 1 aromatic carbocycles. The van der Waals surface area contributed by atoms with Gasteiger partial charge in [-0.3, -0.25) is 4.79 Å². The number of benzene rings is 1. The summed E-state index contributed by atoms with van der Waals surface area (Å²) in [6.07, 6.45) is 3.51. The first-order valence-electron chi connectivity index (χ1n) is 13.7. The maximum absolute atomic E-state index is 11.4. The van der Waals surface area contributed by atoms with E-state index in [9.17, 15) is 4.79 Å². The van der Waals surface area contributed by atoms with Crippen LogP contribution in [0.5, 0.6) is 5.75 Å². The van der Waals surface area contributed by atoms with E-state index >= 15 is 0 Å². The van der Waals surface area contributed by atoms with Crippen LogP contribution >= 0.6 is 0 Å². The molecule has 0 atom stereocenters. The summed E-state index contributed by atoms with van der Waals surface area (Å²) < 4.78 is 48.7. The van der Waals surface area contributed by atoms with Gasteiger partial charge in [0.05, 0.1) is 92.5 Å². The molecule has 0 fully saturated rings. The third-order valence-corrected chi connectivity index (χ3v) is 4.95. The van der Waals surface area contributed by atoms with Gasteiger partial charge in [0, 0.05) is 6.42 Å². The predicted molar refractivity (Wildman–Crippen MR) is 143 cm³/mol. The number of ether oxygens (including phenoxy) is 9. The summed E-state index contributed by atoms with van der Waals surface area (Å²) in [5, 5.41) is 0. The topological polar surface area (TPSA) is 100 Å². The van der Waals surface area contributed by atoms with Crippen molar-refractivity contribution in [1.29, 1.82) is 0 Å². The molecule has 10 heteroatoms. The summed E-state index contributed by atoms with van der Waals surface area (Å²) in [5.74, 6) is 0.687. The van der Waals surface area contributed by atoms with E-state index in [0.717, 1.165) is 25.0 Å². The molecule has 220 valence electrons. The minimum Gasteiger partial charge on any atom is -0.491 e. The van der Waals surface area contributed by atoms with E-state index in [0.29, 0.717) is 106 Å². The summed E-state index contributed by atoms with van der Waals surface area (Å²) in [7, 11) is 0. The molecule has 0 saturated carbocycles. The Morgan fingerprint density at radius 1 is 0.526 bits per heavy atom. The Labute approximate surface area is 228 Å². The Morgan fingerprint density at radius 3 is 1.34 bits per heavy atom. The Kier molecular flexibility index (Phi) is 25.4. The first-order valence-corrected chi connectivity index (χ1v) is 13.7. The van der Waals surface area contributed by atoms with Crippen LogP contribution in [0.3, 0.4) is 0 Å². The molecular weight excluding hydrogens is 496 g/mol. The van der Waals surface area contributed by atoms with Crippen LogP contribution in [0.25, 0.3) is 0 Å². The van der Waals surface area contributed by atoms with E-state index in [1.165, 1.54) is 0 Å². The van der Waals surface area contributed by atoms with Gasteiger partial charge in [0.2, 0.25) is 0 Å². The van der Waals surface area contributed by atoms with E-state index in [1.807, 2.05) is 30.3 Å². The molecule has 0 saturated heterocycles. The largest absolute Gasteiger partial charge is 0.491 e. The predicted octanol–water partition coefficient (Wildman–Crippen LogP) is 3.31. The van der Waals surface area contributed by atoms with Crippen LogP contribution in [0.4, 0.5) is 0 Å². The highest BCUT2D eigenvalue weighted by atomic mass is 16.6. The van der Waals surface area contributed by atoms with Crippen LogP contribution in [-0.2, 0) is 42.7 Å². The molecule has 0 spiro atoms. The second kappa shape index (κ2) is 28.2. The summed E-state index contributed by atoms with van der Waals surface area (Å²) >= 11 is 0. The average Bonchev–Trinajstić information content (AvgIpc) is 2.93. The van der Waals surface area contributed by atoms with Gasteiger partial charge in [0.25, 0.3) is 0 Å². The lowest BCUT2D eigenvalue weighted by atomic mass is 10.2. The Balaban J connectivity index is 1.65. The van der Waals surface area contributed by atoms with Crippen molar-refractivity contribution in [3.8, 4) is 5.75 Å². The fourth-order valence-electron chi connectivity index (χ4n) is 2.96. The van der Waals surface area contributed by atoms with E-state index in [4.69, 9.17) is 42.6 Å². The van der Waals surface area contributed by atoms with Gasteiger partial charge in [0.1, 0.15) is 19.0 Å². The highest BCUT2D eigenvalue weighted by molar-refractivity contribution is 5.69. The molecule has 0 radical (unpaired) electrons. The van der Waals surface area contributed by atoms with Gasteiger partial charge >= 0.3 is 5.97 Å². The van der Waals surface area contributed by atoms with Gasteiger partial charge in [-0.2, -0.15) is 0 Å². The van der Waals surface area contributed by atoms with Crippen molar-refractivity contribution in [3.63, 3.8) is 0 Å². The number of hydrogen-bond donors (Lipinski definition) is 0. The maximum atomic E-state index is 11.4. The zero-order chi connectivity index (χ0) is 27.2. The third-order valence-electron chi connectivity index (χ3n) is 4.95. The lowest BCUT2D eigenvalue weighted by Crippen LogP contribution is -2.15. The highest BCUT2D eigenvalue weighted by Crippen LogP contribution is 2.07. The molecule has 0 unspecified atom stereocenters. The van der Waals surface area contributed by atoms with Crippen LogP contribution in [0.1, 0.15) is 32.6 Å². The molecule has 0 aromatic heterocycles. The zero-order valence-electron chi connectivity index (χ0n) is 23.1. The van der Waals surface area contributed by atoms with Crippen LogP contribution in [0.2, 0.25) is 0 Å². The minimum absolute atomic E-state index is 0.156. The van der Waals surface area contributed by atoms with Gasteiger partial charge in [0.15, 0.2) is 0 Å². The van der Waals surface area contributed by atoms with Gasteiger partial charge in [-0.15, -0.1) is 0 Å². The van der Waals surface area contributed by atoms with E-state index in [1.54, 1.807) is 0 Å². The summed E-state index contributed by atoms with van der Waals surface area (Å²) in [6.45, 7) is 9.85. The minimum atomic E-state index is -0.156. The molecule has 0 heterocycles. The molecule has 0 aliphatic heterocycles. The van der Waals surface area contributed by atoms with Crippen molar-refractivity contribution in [2.45, 2.75) is 32.6 Å². The van der Waals surface area contributed by atoms with E-state index in [-0.39, 0.29) is 12.6 Å². The SMILES string of the molecule is CCCCCC(=O)OCCOCCOCCOCCOCCOCCOCCOCCOc1ccccc1. The summed E-state index contributed by atoms with van der Waals surface area (Å²) in [4.78, 5) is 11.4. The Hall–Kier alpha value is -1.79. The summed E-state index contributed by atoms with van der Waals surface area (Å²) in [5.41, 5.74) is 0. The van der Waals surface area contributed by atoms with Crippen molar-refractivity contribution in [1.82, 2.24) is 0 Å². The fraction of sp³-hybridized carbons (Fsp3) is 0.750. The lowest BCUT2D eigenvalue weighted by Gasteiger charge is -2.09. The van der Waals surface area contributed by atoms with Crippen LogP contribution in [0.15, 0.2) is 30.3 Å². The quantitative estimate of drug-likeness (QED) is 0.110. The molecular formula is C28H48O10. The number of carbonyl (C=O) groups excluding carboxylic acids is 1. The molecule has 1 aromatic rings. The number of para-hydroxylation sites is 1. The van der Waals surface area contributed by atoms with Gasteiger partial charge in [-0.1, -0.05) is 38.0 Å². The van der Waals surface area contributed by atoms with Crippen molar-refractivity contribution in [2.24, 2.45) is 0 Å². The van der Waals surface area contributed by atoms with Crippen molar-refractivity contribution < 1.29 is 47.4 Å². The zero-order valence-corrected chi connectivity index (χ0v) is 23.1. The van der Waals surface area contributed by atoms with Gasteiger partial charge < -0.3 is 42.6 Å². The normalized spacial score (nSPS) is 11.1. The van der Waals surface area contributed by atoms with Crippen molar-refractivity contribution in [3.05, 3.63) is 30.3 Å². The Bertz CT molecular complexity index is 617. The second-order valence-electron chi connectivity index (χ2n) is 8.13. The van der Waals surface area contributed by atoms with Crippen LogP contribution in [-0.4, -0.2) is 112 Å². The molecule has 0 aliphatic rings. The second-order valence-corrected chi connectivity index (χ2v) is 8.13. The first kappa shape index (κ1) is 34.2. The molecule has 0 bridgehead atoms. The number of carbonyl (C=O) groups is 1. The molecule has 1 rings (SSSR count). The summed E-state index contributed by atoms with van der Waals surface area (Å²) in [6, 6.07) is 9.66. The molecule has 38 heavy (non-hydrogen) atoms. The molecule has 0 amide bonds. The third kappa shape index (κ3) is 24.5. The Morgan fingerprint density at radius 2 is 0.921 bits per heavy atom. The lowest BCUT2D eigenvalue weighted by molar-refractivity contribution is -0.145. The molecule has 0 N–H and O–H groups in total. The maximum Gasteiger partial charge on any atom is 0.305 e. The highest BCUT2D eigenvalue weighted by Gasteiger charge is 2.01. The first-order chi connectivity index (χ1) is 18.8. The number of esters is 1. The smallest absolute Gasteiger partial charge is 0.305 e. The van der Waals surface area contributed by atoms with Gasteiger partial charge in [-0.05, 0) is 18.6 Å². The number of rotatable bonds is 29. The number of unbranched alkanes of at least 4 members (excludes halogenated alkanes) is 2. The number of hydrogen-bond acceptors (Lipinski definition) is 10. The van der Waals surface area contributed by atoms with Gasteiger partial charge in [-0.25, -0.2) is 0 Å².